The fraction of sp³-hybridized carbons (Fsp3) is 0.818. The van der Waals surface area contributed by atoms with Gasteiger partial charge in [0, 0.05) is 26.8 Å². The van der Waals surface area contributed by atoms with E-state index >= 15 is 0 Å². The normalized spacial score (nSPS) is 20.6. The number of ether oxygens (including phenoxy) is 2. The molecule has 96 valence electrons. The maximum absolute atomic E-state index is 5.44. The summed E-state index contributed by atoms with van der Waals surface area (Å²) in [5.74, 6) is 0. The van der Waals surface area contributed by atoms with Gasteiger partial charge in [-0.05, 0) is 12.8 Å². The highest BCUT2D eigenvalue weighted by Crippen LogP contribution is 2.17. The standard InChI is InChI=1S/C11H20N4O2/c1-16-6-4-12-7-10-8-15(14-13-10)11-3-2-5-17-9-11/h8,11-12H,2-7,9H2,1H3. The van der Waals surface area contributed by atoms with Crippen LogP contribution in [0.3, 0.4) is 0 Å². The third kappa shape index (κ3) is 3.76. The third-order valence-electron chi connectivity index (χ3n) is 2.86. The van der Waals surface area contributed by atoms with Gasteiger partial charge < -0.3 is 14.8 Å². The smallest absolute Gasteiger partial charge is 0.0965 e. The van der Waals surface area contributed by atoms with E-state index in [4.69, 9.17) is 9.47 Å². The first-order chi connectivity index (χ1) is 8.40. The van der Waals surface area contributed by atoms with Crippen LogP contribution in [-0.2, 0) is 16.0 Å². The van der Waals surface area contributed by atoms with Crippen LogP contribution in [0, 0.1) is 0 Å². The summed E-state index contributed by atoms with van der Waals surface area (Å²) in [7, 11) is 1.70. The molecule has 0 aromatic carbocycles. The molecule has 17 heavy (non-hydrogen) atoms. The van der Waals surface area contributed by atoms with Crippen LogP contribution in [0.5, 0.6) is 0 Å². The number of aromatic nitrogens is 3. The van der Waals surface area contributed by atoms with E-state index in [1.165, 1.54) is 0 Å². The molecule has 6 heteroatoms. The van der Waals surface area contributed by atoms with Gasteiger partial charge in [0.15, 0.2) is 0 Å². The van der Waals surface area contributed by atoms with Gasteiger partial charge in [0.25, 0.3) is 0 Å². The molecule has 1 aliphatic heterocycles. The maximum Gasteiger partial charge on any atom is 0.0965 e. The van der Waals surface area contributed by atoms with Crippen LogP contribution in [0.15, 0.2) is 6.20 Å². The average molecular weight is 240 g/mol. The lowest BCUT2D eigenvalue weighted by Gasteiger charge is -2.21. The Labute approximate surface area is 101 Å². The Kier molecular flexibility index (Phi) is 4.90. The number of hydrogen-bond donors (Lipinski definition) is 1. The zero-order valence-corrected chi connectivity index (χ0v) is 10.3. The number of nitrogens with zero attached hydrogens (tertiary/aromatic N) is 3. The van der Waals surface area contributed by atoms with Crippen molar-refractivity contribution in [2.75, 3.05) is 33.5 Å². The van der Waals surface area contributed by atoms with Crippen LogP contribution in [-0.4, -0.2) is 48.5 Å². The van der Waals surface area contributed by atoms with Crippen molar-refractivity contribution in [2.45, 2.75) is 25.4 Å². The van der Waals surface area contributed by atoms with Gasteiger partial charge in [0.2, 0.25) is 0 Å². The molecule has 0 saturated carbocycles. The van der Waals surface area contributed by atoms with E-state index in [1.54, 1.807) is 7.11 Å². The van der Waals surface area contributed by atoms with E-state index in [2.05, 4.69) is 15.6 Å². The summed E-state index contributed by atoms with van der Waals surface area (Å²) >= 11 is 0. The maximum atomic E-state index is 5.44. The van der Waals surface area contributed by atoms with Crippen molar-refractivity contribution in [3.8, 4) is 0 Å². The van der Waals surface area contributed by atoms with Crippen LogP contribution in [0.1, 0.15) is 24.6 Å². The van der Waals surface area contributed by atoms with Crippen molar-refractivity contribution in [1.82, 2.24) is 20.3 Å². The van der Waals surface area contributed by atoms with Gasteiger partial charge in [0.1, 0.15) is 0 Å². The SMILES string of the molecule is COCCNCc1cn(C2CCCOC2)nn1. The molecule has 2 rings (SSSR count). The molecule has 0 amide bonds. The van der Waals surface area contributed by atoms with E-state index < -0.39 is 0 Å². The van der Waals surface area contributed by atoms with Gasteiger partial charge in [-0.3, -0.25) is 0 Å². The van der Waals surface area contributed by atoms with Crippen molar-refractivity contribution in [3.05, 3.63) is 11.9 Å². The second-order valence-corrected chi connectivity index (χ2v) is 4.23. The van der Waals surface area contributed by atoms with E-state index in [9.17, 15) is 0 Å². The van der Waals surface area contributed by atoms with Crippen LogP contribution < -0.4 is 5.32 Å². The predicted molar refractivity (Wildman–Crippen MR) is 62.7 cm³/mol. The summed E-state index contributed by atoms with van der Waals surface area (Å²) in [5.41, 5.74) is 0.965. The molecule has 1 aromatic rings. The molecule has 1 fully saturated rings. The first-order valence-corrected chi connectivity index (χ1v) is 6.08. The molecular formula is C11H20N4O2. The lowest BCUT2D eigenvalue weighted by atomic mass is 10.1. The Morgan fingerprint density at radius 3 is 3.35 bits per heavy atom. The van der Waals surface area contributed by atoms with Gasteiger partial charge >= 0.3 is 0 Å². The summed E-state index contributed by atoms with van der Waals surface area (Å²) in [5, 5.41) is 11.5. The van der Waals surface area contributed by atoms with Crippen LogP contribution >= 0.6 is 0 Å². The third-order valence-corrected chi connectivity index (χ3v) is 2.86. The first kappa shape index (κ1) is 12.5. The van der Waals surface area contributed by atoms with Gasteiger partial charge in [-0.2, -0.15) is 0 Å². The molecule has 1 atom stereocenters. The Bertz CT molecular complexity index is 323. The molecule has 0 bridgehead atoms. The van der Waals surface area contributed by atoms with Crippen LogP contribution in [0.2, 0.25) is 0 Å². The summed E-state index contributed by atoms with van der Waals surface area (Å²) < 4.78 is 12.3. The molecule has 1 unspecified atom stereocenters. The molecule has 6 nitrogen and oxygen atoms in total. The number of hydrogen-bond acceptors (Lipinski definition) is 5. The lowest BCUT2D eigenvalue weighted by molar-refractivity contribution is 0.0543. The van der Waals surface area contributed by atoms with Gasteiger partial charge in [0.05, 0.1) is 31.1 Å². The Morgan fingerprint density at radius 1 is 1.65 bits per heavy atom. The quantitative estimate of drug-likeness (QED) is 0.728. The molecule has 2 heterocycles. The lowest BCUT2D eigenvalue weighted by Crippen LogP contribution is -2.21. The summed E-state index contributed by atoms with van der Waals surface area (Å²) in [4.78, 5) is 0. The zero-order valence-electron chi connectivity index (χ0n) is 10.3. The second-order valence-electron chi connectivity index (χ2n) is 4.23. The molecule has 1 N–H and O–H groups in total. The average Bonchev–Trinajstić information content (AvgIpc) is 2.85. The minimum absolute atomic E-state index is 0.351. The minimum Gasteiger partial charge on any atom is -0.383 e. The van der Waals surface area contributed by atoms with E-state index in [0.29, 0.717) is 12.6 Å². The monoisotopic (exact) mass is 240 g/mol. The summed E-state index contributed by atoms with van der Waals surface area (Å²) in [6, 6.07) is 0.351. The Hall–Kier alpha value is -0.980. The summed E-state index contributed by atoms with van der Waals surface area (Å²) in [6.45, 7) is 3.90. The zero-order chi connectivity index (χ0) is 11.9. The number of nitrogens with one attached hydrogen (secondary N) is 1. The second kappa shape index (κ2) is 6.68. The molecule has 0 spiro atoms. The van der Waals surface area contributed by atoms with Crippen molar-refractivity contribution < 1.29 is 9.47 Å². The van der Waals surface area contributed by atoms with Crippen molar-refractivity contribution in [1.29, 1.82) is 0 Å². The first-order valence-electron chi connectivity index (χ1n) is 6.08. The van der Waals surface area contributed by atoms with Crippen LogP contribution in [0.4, 0.5) is 0 Å². The largest absolute Gasteiger partial charge is 0.383 e. The number of rotatable bonds is 6. The van der Waals surface area contributed by atoms with Crippen LogP contribution in [0.25, 0.3) is 0 Å². The van der Waals surface area contributed by atoms with Crippen molar-refractivity contribution >= 4 is 0 Å². The van der Waals surface area contributed by atoms with Crippen molar-refractivity contribution in [2.24, 2.45) is 0 Å². The molecule has 1 aromatic heterocycles. The highest BCUT2D eigenvalue weighted by atomic mass is 16.5. The summed E-state index contributed by atoms with van der Waals surface area (Å²) in [6.07, 6.45) is 4.23. The van der Waals surface area contributed by atoms with E-state index in [0.717, 1.165) is 44.8 Å². The highest BCUT2D eigenvalue weighted by molar-refractivity contribution is 4.93. The number of methoxy groups -OCH3 is 1. The fourth-order valence-electron chi connectivity index (χ4n) is 1.90. The molecular weight excluding hydrogens is 220 g/mol. The molecule has 1 saturated heterocycles. The molecule has 1 aliphatic rings. The Morgan fingerprint density at radius 2 is 2.59 bits per heavy atom. The molecule has 0 radical (unpaired) electrons. The van der Waals surface area contributed by atoms with Gasteiger partial charge in [-0.25, -0.2) is 4.68 Å². The fourth-order valence-corrected chi connectivity index (χ4v) is 1.90. The van der Waals surface area contributed by atoms with Crippen molar-refractivity contribution in [3.63, 3.8) is 0 Å². The predicted octanol–water partition coefficient (Wildman–Crippen LogP) is 0.366. The van der Waals surface area contributed by atoms with Gasteiger partial charge in [-0.15, -0.1) is 5.10 Å². The highest BCUT2D eigenvalue weighted by Gasteiger charge is 2.16. The van der Waals surface area contributed by atoms with E-state index in [-0.39, 0.29) is 0 Å². The Balaban J connectivity index is 1.78. The van der Waals surface area contributed by atoms with Gasteiger partial charge in [-0.1, -0.05) is 5.21 Å². The minimum atomic E-state index is 0.351. The van der Waals surface area contributed by atoms with E-state index in [1.807, 2.05) is 10.9 Å². The molecule has 0 aliphatic carbocycles. The topological polar surface area (TPSA) is 61.2 Å².